The third-order valence-corrected chi connectivity index (χ3v) is 4.08. The van der Waals surface area contributed by atoms with Crippen LogP contribution in [0.15, 0.2) is 36.5 Å². The Kier molecular flexibility index (Phi) is 3.12. The van der Waals surface area contributed by atoms with Gasteiger partial charge in [-0.2, -0.15) is 0 Å². The lowest BCUT2D eigenvalue weighted by Crippen LogP contribution is -1.97. The average Bonchev–Trinajstić information content (AvgIpc) is 3.15. The van der Waals surface area contributed by atoms with Crippen molar-refractivity contribution >= 4 is 28.2 Å². The van der Waals surface area contributed by atoms with E-state index >= 15 is 0 Å². The van der Waals surface area contributed by atoms with E-state index in [1.165, 1.54) is 5.57 Å². The molecule has 22 heavy (non-hydrogen) atoms. The van der Waals surface area contributed by atoms with Gasteiger partial charge in [-0.1, -0.05) is 23.7 Å². The van der Waals surface area contributed by atoms with Crippen LogP contribution in [-0.4, -0.2) is 21.5 Å². The Labute approximate surface area is 133 Å². The molecule has 1 aliphatic rings. The van der Waals surface area contributed by atoms with Crippen molar-refractivity contribution in [2.45, 2.75) is 13.3 Å². The highest BCUT2D eigenvalue weighted by Crippen LogP contribution is 2.30. The fraction of sp³-hybridized carbons (Fsp3) is 0.176. The number of benzene rings is 1. The Hall–Kier alpha value is -2.33. The second-order valence-corrected chi connectivity index (χ2v) is 5.88. The molecule has 0 fully saturated rings. The van der Waals surface area contributed by atoms with Crippen molar-refractivity contribution in [2.75, 3.05) is 6.54 Å². The summed E-state index contributed by atoms with van der Waals surface area (Å²) in [6.07, 6.45) is 3.03. The minimum atomic E-state index is 0.723. The maximum absolute atomic E-state index is 6.09. The van der Waals surface area contributed by atoms with Gasteiger partial charge in [-0.25, -0.2) is 9.97 Å². The molecule has 2 N–H and O–H groups in total. The van der Waals surface area contributed by atoms with Crippen molar-refractivity contribution in [2.24, 2.45) is 0 Å². The molecule has 1 aromatic carbocycles. The Balaban J connectivity index is 1.92. The number of nitrogens with zero attached hydrogens (tertiary/aromatic N) is 2. The largest absolute Gasteiger partial charge is 0.390 e. The molecule has 110 valence electrons. The van der Waals surface area contributed by atoms with Crippen LogP contribution < -0.4 is 5.32 Å². The molecule has 1 aliphatic heterocycles. The summed E-state index contributed by atoms with van der Waals surface area (Å²) in [6.45, 7) is 2.89. The molecule has 3 aromatic rings. The van der Waals surface area contributed by atoms with E-state index in [1.54, 1.807) is 0 Å². The van der Waals surface area contributed by atoms with E-state index in [2.05, 4.69) is 26.3 Å². The summed E-state index contributed by atoms with van der Waals surface area (Å²) in [5, 5.41) is 3.97. The summed E-state index contributed by atoms with van der Waals surface area (Å²) < 4.78 is 0. The second kappa shape index (κ2) is 5.14. The van der Waals surface area contributed by atoms with E-state index in [-0.39, 0.29) is 0 Å². The van der Waals surface area contributed by atoms with Gasteiger partial charge in [0.1, 0.15) is 5.82 Å². The maximum atomic E-state index is 6.09. The van der Waals surface area contributed by atoms with Crippen molar-refractivity contribution in [1.82, 2.24) is 20.3 Å². The molecule has 4 rings (SSSR count). The number of aromatic nitrogens is 3. The zero-order valence-corrected chi connectivity index (χ0v) is 12.9. The van der Waals surface area contributed by atoms with Gasteiger partial charge in [-0.3, -0.25) is 0 Å². The highest BCUT2D eigenvalue weighted by molar-refractivity contribution is 6.30. The van der Waals surface area contributed by atoms with E-state index < -0.39 is 0 Å². The summed E-state index contributed by atoms with van der Waals surface area (Å²) in [5.41, 5.74) is 6.18. The fourth-order valence-corrected chi connectivity index (χ4v) is 3.02. The van der Waals surface area contributed by atoms with Crippen LogP contribution in [0.1, 0.15) is 17.9 Å². The molecule has 0 aliphatic carbocycles. The predicted octanol–water partition coefficient (Wildman–Crippen LogP) is 3.92. The fourth-order valence-electron chi connectivity index (χ4n) is 2.83. The molecule has 0 bridgehead atoms. The van der Waals surface area contributed by atoms with E-state index in [9.17, 15) is 0 Å². The van der Waals surface area contributed by atoms with Gasteiger partial charge in [0.25, 0.3) is 0 Å². The lowest BCUT2D eigenvalue weighted by molar-refractivity contribution is 0.918. The summed E-state index contributed by atoms with van der Waals surface area (Å²) in [7, 11) is 0. The first-order valence-corrected chi connectivity index (χ1v) is 7.64. The molecule has 4 nitrogen and oxygen atoms in total. The van der Waals surface area contributed by atoms with Crippen LogP contribution >= 0.6 is 11.6 Å². The van der Waals surface area contributed by atoms with Crippen molar-refractivity contribution in [3.05, 3.63) is 53.1 Å². The third-order valence-electron chi connectivity index (χ3n) is 3.84. The summed E-state index contributed by atoms with van der Waals surface area (Å²) >= 11 is 6.09. The van der Waals surface area contributed by atoms with Crippen LogP contribution in [0.2, 0.25) is 5.02 Å². The van der Waals surface area contributed by atoms with Gasteiger partial charge in [-0.15, -0.1) is 0 Å². The van der Waals surface area contributed by atoms with Crippen LogP contribution in [-0.2, 0) is 0 Å². The highest BCUT2D eigenvalue weighted by Gasteiger charge is 2.16. The SMILES string of the molecule is Cc1nc(C2=CNCC2)c2[nH]c(-c3cccc(Cl)c3)cc2n1. The standard InChI is InChI=1S/C17H15ClN4/c1-10-20-15-8-14(11-3-2-4-13(18)7-11)22-17(15)16(21-10)12-5-6-19-9-12/h2-4,7-9,19,22H,5-6H2,1H3. The molecular formula is C17H15ClN4. The van der Waals surface area contributed by atoms with Crippen LogP contribution in [0.4, 0.5) is 0 Å². The molecule has 5 heteroatoms. The molecule has 2 aromatic heterocycles. The molecule has 0 radical (unpaired) electrons. The maximum Gasteiger partial charge on any atom is 0.126 e. The van der Waals surface area contributed by atoms with Gasteiger partial charge in [-0.05, 0) is 42.7 Å². The van der Waals surface area contributed by atoms with Crippen molar-refractivity contribution < 1.29 is 0 Å². The molecule has 0 atom stereocenters. The highest BCUT2D eigenvalue weighted by atomic mass is 35.5. The number of halogens is 1. The Morgan fingerprint density at radius 3 is 2.86 bits per heavy atom. The first kappa shape index (κ1) is 13.3. The number of nitrogens with one attached hydrogen (secondary N) is 2. The molecule has 0 spiro atoms. The predicted molar refractivity (Wildman–Crippen MR) is 89.7 cm³/mol. The van der Waals surface area contributed by atoms with E-state index in [0.717, 1.165) is 51.8 Å². The number of aryl methyl sites for hydroxylation is 1. The summed E-state index contributed by atoms with van der Waals surface area (Å²) in [5.74, 6) is 0.784. The van der Waals surface area contributed by atoms with Gasteiger partial charge in [0.2, 0.25) is 0 Å². The molecule has 3 heterocycles. The van der Waals surface area contributed by atoms with Crippen molar-refractivity contribution in [1.29, 1.82) is 0 Å². The first-order chi connectivity index (χ1) is 10.7. The number of H-pyrrole nitrogens is 1. The van der Waals surface area contributed by atoms with Crippen LogP contribution in [0.3, 0.4) is 0 Å². The number of hydrogen-bond acceptors (Lipinski definition) is 3. The Morgan fingerprint density at radius 1 is 1.18 bits per heavy atom. The average molecular weight is 311 g/mol. The van der Waals surface area contributed by atoms with Gasteiger partial charge in [0.15, 0.2) is 0 Å². The number of rotatable bonds is 2. The molecule has 0 amide bonds. The Bertz CT molecular complexity index is 895. The Morgan fingerprint density at radius 2 is 2.09 bits per heavy atom. The quantitative estimate of drug-likeness (QED) is 0.754. The van der Waals surface area contributed by atoms with Crippen LogP contribution in [0.5, 0.6) is 0 Å². The topological polar surface area (TPSA) is 53.6 Å². The summed E-state index contributed by atoms with van der Waals surface area (Å²) in [6, 6.07) is 9.86. The van der Waals surface area contributed by atoms with Gasteiger partial charge < -0.3 is 10.3 Å². The third kappa shape index (κ3) is 2.25. The van der Waals surface area contributed by atoms with Crippen LogP contribution in [0, 0.1) is 6.92 Å². The summed E-state index contributed by atoms with van der Waals surface area (Å²) in [4.78, 5) is 12.6. The minimum Gasteiger partial charge on any atom is -0.390 e. The number of fused-ring (bicyclic) bond motifs is 1. The molecule has 0 unspecified atom stereocenters. The normalized spacial score (nSPS) is 14.2. The van der Waals surface area contributed by atoms with Gasteiger partial charge in [0.05, 0.1) is 16.7 Å². The number of aromatic amines is 1. The van der Waals surface area contributed by atoms with Crippen LogP contribution in [0.25, 0.3) is 27.9 Å². The van der Waals surface area contributed by atoms with E-state index in [4.69, 9.17) is 11.6 Å². The van der Waals surface area contributed by atoms with E-state index in [0.29, 0.717) is 0 Å². The minimum absolute atomic E-state index is 0.723. The van der Waals surface area contributed by atoms with Gasteiger partial charge in [0, 0.05) is 23.5 Å². The second-order valence-electron chi connectivity index (χ2n) is 5.45. The lowest BCUT2D eigenvalue weighted by atomic mass is 10.1. The van der Waals surface area contributed by atoms with Crippen molar-refractivity contribution in [3.8, 4) is 11.3 Å². The van der Waals surface area contributed by atoms with Gasteiger partial charge >= 0.3 is 0 Å². The zero-order chi connectivity index (χ0) is 15.1. The molecule has 0 saturated heterocycles. The molecular weight excluding hydrogens is 296 g/mol. The first-order valence-electron chi connectivity index (χ1n) is 7.27. The zero-order valence-electron chi connectivity index (χ0n) is 12.2. The molecule has 0 saturated carbocycles. The van der Waals surface area contributed by atoms with Crippen molar-refractivity contribution in [3.63, 3.8) is 0 Å². The van der Waals surface area contributed by atoms with E-state index in [1.807, 2.05) is 37.4 Å². The monoisotopic (exact) mass is 310 g/mol. The number of hydrogen-bond donors (Lipinski definition) is 2. The lowest BCUT2D eigenvalue weighted by Gasteiger charge is -2.03. The smallest absolute Gasteiger partial charge is 0.126 e.